The van der Waals surface area contributed by atoms with E-state index >= 15 is 0 Å². The summed E-state index contributed by atoms with van der Waals surface area (Å²) in [6.45, 7) is 4.18. The molecule has 0 spiro atoms. The zero-order valence-electron chi connectivity index (χ0n) is 15.3. The highest BCUT2D eigenvalue weighted by atomic mass is 16.5. The molecule has 0 saturated carbocycles. The minimum atomic E-state index is 0.0455. The molecular weight excluding hydrogens is 338 g/mol. The molecule has 2 heterocycles. The molecule has 0 N–H and O–H groups in total. The Kier molecular flexibility index (Phi) is 5.30. The number of benzene rings is 2. The first-order valence-electron chi connectivity index (χ1n) is 9.28. The van der Waals surface area contributed by atoms with Gasteiger partial charge in [0, 0.05) is 45.1 Å². The summed E-state index contributed by atoms with van der Waals surface area (Å²) in [4.78, 5) is 20.9. The van der Waals surface area contributed by atoms with E-state index in [4.69, 9.17) is 4.74 Å². The van der Waals surface area contributed by atoms with Crippen LogP contribution in [0.3, 0.4) is 0 Å². The van der Waals surface area contributed by atoms with E-state index in [0.717, 1.165) is 43.9 Å². The summed E-state index contributed by atoms with van der Waals surface area (Å²) in [6, 6.07) is 18.1. The SMILES string of the molecule is O=C(COc1ccc2ccccc2c1)N1CCN(Cc2cccnc2)CC1. The molecule has 4 rings (SSSR count). The average molecular weight is 361 g/mol. The van der Waals surface area contributed by atoms with Gasteiger partial charge in [0.15, 0.2) is 6.61 Å². The van der Waals surface area contributed by atoms with Crippen molar-refractivity contribution in [3.8, 4) is 5.75 Å². The van der Waals surface area contributed by atoms with Crippen LogP contribution >= 0.6 is 0 Å². The van der Waals surface area contributed by atoms with Gasteiger partial charge in [-0.15, -0.1) is 0 Å². The van der Waals surface area contributed by atoms with Crippen LogP contribution in [-0.4, -0.2) is 53.5 Å². The van der Waals surface area contributed by atoms with Crippen molar-refractivity contribution in [2.24, 2.45) is 0 Å². The minimum absolute atomic E-state index is 0.0455. The lowest BCUT2D eigenvalue weighted by Gasteiger charge is -2.34. The maximum atomic E-state index is 12.5. The Labute approximate surface area is 159 Å². The van der Waals surface area contributed by atoms with E-state index in [0.29, 0.717) is 0 Å². The first-order valence-corrected chi connectivity index (χ1v) is 9.28. The Morgan fingerprint density at radius 1 is 0.963 bits per heavy atom. The zero-order valence-corrected chi connectivity index (χ0v) is 15.3. The largest absolute Gasteiger partial charge is 0.484 e. The summed E-state index contributed by atoms with van der Waals surface area (Å²) in [5, 5.41) is 2.28. The first-order chi connectivity index (χ1) is 13.3. The smallest absolute Gasteiger partial charge is 0.260 e. The van der Waals surface area contributed by atoms with Gasteiger partial charge in [-0.1, -0.05) is 36.4 Å². The van der Waals surface area contributed by atoms with E-state index < -0.39 is 0 Å². The quantitative estimate of drug-likeness (QED) is 0.701. The molecule has 1 aromatic heterocycles. The molecule has 5 heteroatoms. The van der Waals surface area contributed by atoms with Gasteiger partial charge in [-0.25, -0.2) is 0 Å². The number of carbonyl (C=O) groups excluding carboxylic acids is 1. The van der Waals surface area contributed by atoms with Crippen molar-refractivity contribution >= 4 is 16.7 Å². The molecule has 1 aliphatic rings. The molecule has 5 nitrogen and oxygen atoms in total. The topological polar surface area (TPSA) is 45.7 Å². The number of nitrogens with zero attached hydrogens (tertiary/aromatic N) is 3. The minimum Gasteiger partial charge on any atom is -0.484 e. The van der Waals surface area contributed by atoms with Gasteiger partial charge in [0.25, 0.3) is 5.91 Å². The van der Waals surface area contributed by atoms with Crippen LogP contribution in [0.1, 0.15) is 5.56 Å². The number of ether oxygens (including phenoxy) is 1. The number of fused-ring (bicyclic) bond motifs is 1. The summed E-state index contributed by atoms with van der Waals surface area (Å²) in [7, 11) is 0. The van der Waals surface area contributed by atoms with Crippen molar-refractivity contribution < 1.29 is 9.53 Å². The molecule has 0 aliphatic carbocycles. The molecule has 1 aliphatic heterocycles. The monoisotopic (exact) mass is 361 g/mol. The zero-order chi connectivity index (χ0) is 18.5. The number of amides is 1. The van der Waals surface area contributed by atoms with Gasteiger partial charge in [-0.2, -0.15) is 0 Å². The van der Waals surface area contributed by atoms with E-state index in [2.05, 4.69) is 22.0 Å². The third-order valence-electron chi connectivity index (χ3n) is 4.94. The van der Waals surface area contributed by atoms with Crippen molar-refractivity contribution in [2.75, 3.05) is 32.8 Å². The Morgan fingerprint density at radius 3 is 2.56 bits per heavy atom. The molecule has 0 bridgehead atoms. The van der Waals surface area contributed by atoms with Gasteiger partial charge in [0.1, 0.15) is 5.75 Å². The molecule has 3 aromatic rings. The van der Waals surface area contributed by atoms with Crippen molar-refractivity contribution in [3.05, 3.63) is 72.6 Å². The lowest BCUT2D eigenvalue weighted by Crippen LogP contribution is -2.49. The summed E-state index contributed by atoms with van der Waals surface area (Å²) in [5.41, 5.74) is 1.21. The third-order valence-corrected chi connectivity index (χ3v) is 4.94. The fourth-order valence-corrected chi connectivity index (χ4v) is 3.40. The van der Waals surface area contributed by atoms with E-state index in [1.54, 1.807) is 6.20 Å². The highest BCUT2D eigenvalue weighted by Gasteiger charge is 2.21. The third kappa shape index (κ3) is 4.44. The molecule has 138 valence electrons. The van der Waals surface area contributed by atoms with Crippen LogP contribution in [0.25, 0.3) is 10.8 Å². The summed E-state index contributed by atoms with van der Waals surface area (Å²) >= 11 is 0. The van der Waals surface area contributed by atoms with E-state index in [-0.39, 0.29) is 12.5 Å². The van der Waals surface area contributed by atoms with Crippen LogP contribution in [0.5, 0.6) is 5.75 Å². The number of hydrogen-bond donors (Lipinski definition) is 0. The molecule has 0 unspecified atom stereocenters. The van der Waals surface area contributed by atoms with Gasteiger partial charge in [-0.05, 0) is 34.5 Å². The van der Waals surface area contributed by atoms with Crippen molar-refractivity contribution in [3.63, 3.8) is 0 Å². The predicted octanol–water partition coefficient (Wildman–Crippen LogP) is 2.96. The normalized spacial score (nSPS) is 15.0. The number of rotatable bonds is 5. The van der Waals surface area contributed by atoms with Crippen molar-refractivity contribution in [2.45, 2.75) is 6.54 Å². The molecule has 0 radical (unpaired) electrons. The van der Waals surface area contributed by atoms with Crippen LogP contribution in [0, 0.1) is 0 Å². The van der Waals surface area contributed by atoms with Gasteiger partial charge < -0.3 is 9.64 Å². The molecule has 1 amide bonds. The second-order valence-electron chi connectivity index (χ2n) is 6.82. The Morgan fingerprint density at radius 2 is 1.78 bits per heavy atom. The van der Waals surface area contributed by atoms with Gasteiger partial charge in [0.05, 0.1) is 0 Å². The highest BCUT2D eigenvalue weighted by Crippen LogP contribution is 2.20. The van der Waals surface area contributed by atoms with Crippen molar-refractivity contribution in [1.29, 1.82) is 0 Å². The van der Waals surface area contributed by atoms with Gasteiger partial charge >= 0.3 is 0 Å². The van der Waals surface area contributed by atoms with Crippen LogP contribution in [0.2, 0.25) is 0 Å². The number of aromatic nitrogens is 1. The van der Waals surface area contributed by atoms with Gasteiger partial charge in [-0.3, -0.25) is 14.7 Å². The fraction of sp³-hybridized carbons (Fsp3) is 0.273. The molecule has 27 heavy (non-hydrogen) atoms. The number of carbonyl (C=O) groups is 1. The number of piperazine rings is 1. The second-order valence-corrected chi connectivity index (χ2v) is 6.82. The summed E-state index contributed by atoms with van der Waals surface area (Å²) < 4.78 is 5.74. The van der Waals surface area contributed by atoms with E-state index in [1.165, 1.54) is 10.9 Å². The lowest BCUT2D eigenvalue weighted by molar-refractivity contribution is -0.135. The lowest BCUT2D eigenvalue weighted by atomic mass is 10.1. The Balaban J connectivity index is 1.26. The maximum absolute atomic E-state index is 12.5. The molecular formula is C22H23N3O2. The van der Waals surface area contributed by atoms with Crippen LogP contribution < -0.4 is 4.74 Å². The molecule has 2 aromatic carbocycles. The van der Waals surface area contributed by atoms with Crippen LogP contribution in [0.4, 0.5) is 0 Å². The molecule has 1 saturated heterocycles. The number of pyridine rings is 1. The Bertz CT molecular complexity index is 906. The Hall–Kier alpha value is -2.92. The van der Waals surface area contributed by atoms with Crippen LogP contribution in [-0.2, 0) is 11.3 Å². The standard InChI is InChI=1S/C22H23N3O2/c26-22(17-27-21-8-7-19-5-1-2-6-20(19)14-21)25-12-10-24(11-13-25)16-18-4-3-9-23-15-18/h1-9,14-15H,10-13,16-17H2. The predicted molar refractivity (Wildman–Crippen MR) is 106 cm³/mol. The average Bonchev–Trinajstić information content (AvgIpc) is 2.73. The first kappa shape index (κ1) is 17.5. The highest BCUT2D eigenvalue weighted by molar-refractivity contribution is 5.84. The van der Waals surface area contributed by atoms with E-state index in [1.807, 2.05) is 53.6 Å². The summed E-state index contributed by atoms with van der Waals surface area (Å²) in [6.07, 6.45) is 3.69. The molecule has 0 atom stereocenters. The van der Waals surface area contributed by atoms with Crippen LogP contribution in [0.15, 0.2) is 67.0 Å². The fourth-order valence-electron chi connectivity index (χ4n) is 3.40. The number of hydrogen-bond acceptors (Lipinski definition) is 4. The van der Waals surface area contributed by atoms with Gasteiger partial charge in [0.2, 0.25) is 0 Å². The maximum Gasteiger partial charge on any atom is 0.260 e. The second kappa shape index (κ2) is 8.18. The van der Waals surface area contributed by atoms with Crippen molar-refractivity contribution in [1.82, 2.24) is 14.8 Å². The summed E-state index contributed by atoms with van der Waals surface area (Å²) in [5.74, 6) is 0.779. The van der Waals surface area contributed by atoms with E-state index in [9.17, 15) is 4.79 Å². The molecule has 1 fully saturated rings.